The monoisotopic (exact) mass is 348 g/mol. The summed E-state index contributed by atoms with van der Waals surface area (Å²) < 4.78 is 0. The molecule has 0 unspecified atom stereocenters. The summed E-state index contributed by atoms with van der Waals surface area (Å²) in [7, 11) is 0. The average Bonchev–Trinajstić information content (AvgIpc) is 3.48. The zero-order chi connectivity index (χ0) is 17.7. The summed E-state index contributed by atoms with van der Waals surface area (Å²) in [4.78, 5) is 26.9. The lowest BCUT2D eigenvalue weighted by atomic mass is 10.1. The molecule has 6 nitrogen and oxygen atoms in total. The summed E-state index contributed by atoms with van der Waals surface area (Å²) in [6.45, 7) is 2.09. The fourth-order valence-electron chi connectivity index (χ4n) is 3.67. The molecule has 2 aliphatic rings. The molecular weight excluding hydrogens is 328 g/mol. The Morgan fingerprint density at radius 3 is 2.92 bits per heavy atom. The van der Waals surface area contributed by atoms with E-state index in [0.717, 1.165) is 54.0 Å². The number of para-hydroxylation sites is 1. The summed E-state index contributed by atoms with van der Waals surface area (Å²) in [5.41, 5.74) is 3.25. The molecule has 0 amide bonds. The van der Waals surface area contributed by atoms with Crippen molar-refractivity contribution in [1.82, 2.24) is 19.9 Å². The lowest BCUT2D eigenvalue weighted by Gasteiger charge is -2.27. The van der Waals surface area contributed by atoms with Crippen molar-refractivity contribution < 1.29 is 5.11 Å². The number of hydrogen-bond acceptors (Lipinski definition) is 5. The van der Waals surface area contributed by atoms with E-state index in [4.69, 9.17) is 4.98 Å². The summed E-state index contributed by atoms with van der Waals surface area (Å²) >= 11 is 0. The number of phenols is 1. The topological polar surface area (TPSA) is 82.1 Å². The van der Waals surface area contributed by atoms with Gasteiger partial charge in [0.25, 0.3) is 5.56 Å². The Hall–Kier alpha value is -2.73. The molecule has 6 heteroatoms. The van der Waals surface area contributed by atoms with Gasteiger partial charge in [0.2, 0.25) is 0 Å². The van der Waals surface area contributed by atoms with E-state index in [0.29, 0.717) is 24.5 Å². The molecule has 0 atom stereocenters. The van der Waals surface area contributed by atoms with Crippen molar-refractivity contribution in [1.29, 1.82) is 0 Å². The Kier molecular flexibility index (Phi) is 3.53. The predicted molar refractivity (Wildman–Crippen MR) is 98.1 cm³/mol. The lowest BCUT2D eigenvalue weighted by Crippen LogP contribution is -2.36. The molecule has 3 aromatic rings. The summed E-state index contributed by atoms with van der Waals surface area (Å²) in [6, 6.07) is 9.36. The predicted octanol–water partition coefficient (Wildman–Crippen LogP) is 2.46. The Labute approximate surface area is 150 Å². The molecule has 1 aliphatic carbocycles. The minimum Gasteiger partial charge on any atom is -0.506 e. The van der Waals surface area contributed by atoms with Crippen LogP contribution in [0.2, 0.25) is 0 Å². The van der Waals surface area contributed by atoms with Crippen molar-refractivity contribution >= 4 is 10.9 Å². The van der Waals surface area contributed by atoms with Gasteiger partial charge in [0.05, 0.1) is 17.0 Å². The van der Waals surface area contributed by atoms with Crippen LogP contribution in [-0.4, -0.2) is 31.5 Å². The summed E-state index contributed by atoms with van der Waals surface area (Å²) in [5, 5.41) is 10.9. The van der Waals surface area contributed by atoms with E-state index < -0.39 is 0 Å². The van der Waals surface area contributed by atoms with E-state index in [1.165, 1.54) is 0 Å². The molecule has 1 saturated carbocycles. The van der Waals surface area contributed by atoms with Crippen LogP contribution < -0.4 is 5.56 Å². The lowest BCUT2D eigenvalue weighted by molar-refractivity contribution is 0.239. The standard InChI is InChI=1S/C20H20N4O2/c25-17-3-1-2-12-6-7-14(21-18(12)17)10-24-9-8-16-15(11-24)20(26)23-19(22-16)13-4-5-13/h1-3,6-7,13,25H,4-5,8-11H2,(H,22,23,26). The molecule has 1 aliphatic heterocycles. The summed E-state index contributed by atoms with van der Waals surface area (Å²) in [6.07, 6.45) is 3.06. The fraction of sp³-hybridized carbons (Fsp3) is 0.350. The highest BCUT2D eigenvalue weighted by Crippen LogP contribution is 2.37. The number of rotatable bonds is 3. The van der Waals surface area contributed by atoms with Crippen LogP contribution in [0.15, 0.2) is 35.1 Å². The number of nitrogens with zero attached hydrogens (tertiary/aromatic N) is 3. The molecule has 3 heterocycles. The Morgan fingerprint density at radius 2 is 2.08 bits per heavy atom. The third-order valence-electron chi connectivity index (χ3n) is 5.27. The maximum Gasteiger partial charge on any atom is 0.255 e. The highest BCUT2D eigenvalue weighted by molar-refractivity contribution is 5.84. The number of nitrogens with one attached hydrogen (secondary N) is 1. The van der Waals surface area contributed by atoms with Crippen LogP contribution in [-0.2, 0) is 19.5 Å². The molecule has 1 fully saturated rings. The first-order valence-corrected chi connectivity index (χ1v) is 9.09. The SMILES string of the molecule is O=c1[nH]c(C2CC2)nc2c1CN(Cc1ccc3cccc(O)c3n1)CC2. The van der Waals surface area contributed by atoms with Gasteiger partial charge in [-0.2, -0.15) is 0 Å². The molecule has 2 aromatic heterocycles. The number of H-pyrrole nitrogens is 1. The number of aromatic nitrogens is 3. The molecule has 0 saturated heterocycles. The first-order valence-electron chi connectivity index (χ1n) is 9.09. The number of aromatic amines is 1. The van der Waals surface area contributed by atoms with Crippen LogP contribution in [0, 0.1) is 0 Å². The normalized spacial score (nSPS) is 17.4. The number of benzene rings is 1. The van der Waals surface area contributed by atoms with Crippen molar-refractivity contribution in [3.8, 4) is 5.75 Å². The van der Waals surface area contributed by atoms with Gasteiger partial charge in [0.15, 0.2) is 0 Å². The second-order valence-electron chi connectivity index (χ2n) is 7.26. The third-order valence-corrected chi connectivity index (χ3v) is 5.27. The molecule has 0 spiro atoms. The highest BCUT2D eigenvalue weighted by atomic mass is 16.3. The average molecular weight is 348 g/mol. The number of aromatic hydroxyl groups is 1. The van der Waals surface area contributed by atoms with Crippen molar-refractivity contribution in [3.05, 3.63) is 63.5 Å². The maximum absolute atomic E-state index is 12.5. The Balaban J connectivity index is 1.39. The number of phenolic OH excluding ortho intramolecular Hbond substituents is 1. The zero-order valence-electron chi connectivity index (χ0n) is 14.4. The quantitative estimate of drug-likeness (QED) is 0.760. The van der Waals surface area contributed by atoms with E-state index in [-0.39, 0.29) is 11.3 Å². The first-order chi connectivity index (χ1) is 12.7. The minimum atomic E-state index is 0.00529. The van der Waals surface area contributed by atoms with Gasteiger partial charge in [-0.1, -0.05) is 18.2 Å². The zero-order valence-corrected chi connectivity index (χ0v) is 14.4. The Bertz CT molecular complexity index is 1060. The second kappa shape index (κ2) is 5.92. The van der Waals surface area contributed by atoms with Crippen LogP contribution in [0.5, 0.6) is 5.75 Å². The molecule has 26 heavy (non-hydrogen) atoms. The van der Waals surface area contributed by atoms with Crippen LogP contribution in [0.4, 0.5) is 0 Å². The largest absolute Gasteiger partial charge is 0.506 e. The van der Waals surface area contributed by atoms with Gasteiger partial charge in [0, 0.05) is 37.4 Å². The van der Waals surface area contributed by atoms with Crippen LogP contribution in [0.3, 0.4) is 0 Å². The molecular formula is C20H20N4O2. The first kappa shape index (κ1) is 15.5. The molecule has 2 N–H and O–H groups in total. The van der Waals surface area contributed by atoms with Gasteiger partial charge in [-0.25, -0.2) is 9.97 Å². The van der Waals surface area contributed by atoms with Gasteiger partial charge in [-0.05, 0) is 25.0 Å². The highest BCUT2D eigenvalue weighted by Gasteiger charge is 2.29. The van der Waals surface area contributed by atoms with E-state index in [2.05, 4.69) is 14.9 Å². The van der Waals surface area contributed by atoms with Gasteiger partial charge < -0.3 is 10.1 Å². The fourth-order valence-corrected chi connectivity index (χ4v) is 3.67. The van der Waals surface area contributed by atoms with Gasteiger partial charge in [-0.3, -0.25) is 9.69 Å². The number of pyridine rings is 1. The minimum absolute atomic E-state index is 0.00529. The van der Waals surface area contributed by atoms with E-state index in [1.54, 1.807) is 6.07 Å². The molecule has 0 bridgehead atoms. The molecule has 0 radical (unpaired) electrons. The smallest absolute Gasteiger partial charge is 0.255 e. The number of fused-ring (bicyclic) bond motifs is 2. The van der Waals surface area contributed by atoms with E-state index in [9.17, 15) is 9.90 Å². The van der Waals surface area contributed by atoms with Crippen molar-refractivity contribution in [3.63, 3.8) is 0 Å². The molecule has 132 valence electrons. The Morgan fingerprint density at radius 1 is 1.19 bits per heavy atom. The van der Waals surface area contributed by atoms with Crippen LogP contribution >= 0.6 is 0 Å². The van der Waals surface area contributed by atoms with E-state index in [1.807, 2.05) is 24.3 Å². The van der Waals surface area contributed by atoms with Crippen LogP contribution in [0.1, 0.15) is 41.5 Å². The maximum atomic E-state index is 12.5. The van der Waals surface area contributed by atoms with E-state index >= 15 is 0 Å². The summed E-state index contributed by atoms with van der Waals surface area (Å²) in [5.74, 6) is 1.52. The second-order valence-corrected chi connectivity index (χ2v) is 7.26. The molecule has 1 aromatic carbocycles. The van der Waals surface area contributed by atoms with Crippen molar-refractivity contribution in [2.45, 2.75) is 38.3 Å². The van der Waals surface area contributed by atoms with Crippen LogP contribution in [0.25, 0.3) is 10.9 Å². The van der Waals surface area contributed by atoms with Gasteiger partial charge >= 0.3 is 0 Å². The molecule has 5 rings (SSSR count). The van der Waals surface area contributed by atoms with Crippen molar-refractivity contribution in [2.75, 3.05) is 6.54 Å². The van der Waals surface area contributed by atoms with Gasteiger partial charge in [-0.15, -0.1) is 0 Å². The van der Waals surface area contributed by atoms with Gasteiger partial charge in [0.1, 0.15) is 17.1 Å². The third kappa shape index (κ3) is 2.76. The van der Waals surface area contributed by atoms with Crippen molar-refractivity contribution in [2.24, 2.45) is 0 Å². The number of hydrogen-bond donors (Lipinski definition) is 2.